The van der Waals surface area contributed by atoms with Gasteiger partial charge in [0.1, 0.15) is 11.5 Å². The predicted molar refractivity (Wildman–Crippen MR) is 76.9 cm³/mol. The molecule has 0 amide bonds. The molecule has 0 heterocycles. The molecule has 1 aromatic rings. The zero-order valence-electron chi connectivity index (χ0n) is 12.3. The van der Waals surface area contributed by atoms with Crippen molar-refractivity contribution >= 4 is 0 Å². The zero-order valence-corrected chi connectivity index (χ0v) is 12.3. The Balaban J connectivity index is 2.64. The normalized spacial score (nSPS) is 12.2. The number of benzene rings is 1. The molecule has 6 nitrogen and oxygen atoms in total. The Labute approximate surface area is 120 Å². The molecule has 0 saturated heterocycles. The van der Waals surface area contributed by atoms with Crippen molar-refractivity contribution in [3.63, 3.8) is 0 Å². The van der Waals surface area contributed by atoms with Gasteiger partial charge in [0.05, 0.1) is 33.5 Å². The largest absolute Gasteiger partial charge is 0.497 e. The number of nitrogens with two attached hydrogens (primary N) is 1. The Kier molecular flexibility index (Phi) is 7.98. The van der Waals surface area contributed by atoms with Crippen molar-refractivity contribution in [1.29, 1.82) is 0 Å². The van der Waals surface area contributed by atoms with Crippen LogP contribution in [0.3, 0.4) is 0 Å². The average Bonchev–Trinajstić information content (AvgIpc) is 2.50. The van der Waals surface area contributed by atoms with Crippen LogP contribution in [0.5, 0.6) is 11.5 Å². The summed E-state index contributed by atoms with van der Waals surface area (Å²) in [5.41, 5.74) is 3.77. The quantitative estimate of drug-likeness (QED) is 0.383. The molecule has 0 aliphatic heterocycles. The maximum atomic E-state index is 5.62. The second-order valence-corrected chi connectivity index (χ2v) is 4.22. The van der Waals surface area contributed by atoms with Gasteiger partial charge in [-0.15, -0.1) is 0 Å². The summed E-state index contributed by atoms with van der Waals surface area (Å²) in [7, 11) is 4.90. The minimum absolute atomic E-state index is 0.0431. The molecule has 6 heteroatoms. The third-order valence-corrected chi connectivity index (χ3v) is 3.00. The molecule has 1 aromatic carbocycles. The Morgan fingerprint density at radius 1 is 1.10 bits per heavy atom. The minimum atomic E-state index is -0.0431. The fourth-order valence-corrected chi connectivity index (χ4v) is 1.88. The van der Waals surface area contributed by atoms with Gasteiger partial charge in [-0.3, -0.25) is 11.3 Å². The molecule has 0 fully saturated rings. The van der Waals surface area contributed by atoms with E-state index in [9.17, 15) is 0 Å². The van der Waals surface area contributed by atoms with E-state index in [4.69, 9.17) is 24.8 Å². The van der Waals surface area contributed by atoms with Crippen LogP contribution < -0.4 is 20.7 Å². The first kappa shape index (κ1) is 16.7. The van der Waals surface area contributed by atoms with E-state index in [1.165, 1.54) is 0 Å². The average molecular weight is 284 g/mol. The number of methoxy groups -OCH3 is 3. The lowest BCUT2D eigenvalue weighted by Gasteiger charge is -2.19. The van der Waals surface area contributed by atoms with Crippen LogP contribution in [0.1, 0.15) is 18.0 Å². The summed E-state index contributed by atoms with van der Waals surface area (Å²) in [6, 6.07) is 5.62. The SMILES string of the molecule is COCCOCCC(NN)c1ccc(OC)cc1OC. The number of ether oxygens (including phenoxy) is 4. The van der Waals surface area contributed by atoms with E-state index < -0.39 is 0 Å². The lowest BCUT2D eigenvalue weighted by Crippen LogP contribution is -2.29. The van der Waals surface area contributed by atoms with Crippen molar-refractivity contribution in [2.45, 2.75) is 12.5 Å². The smallest absolute Gasteiger partial charge is 0.127 e. The van der Waals surface area contributed by atoms with Gasteiger partial charge < -0.3 is 18.9 Å². The minimum Gasteiger partial charge on any atom is -0.497 e. The van der Waals surface area contributed by atoms with Crippen molar-refractivity contribution in [1.82, 2.24) is 5.43 Å². The van der Waals surface area contributed by atoms with E-state index in [1.54, 1.807) is 21.3 Å². The fraction of sp³-hybridized carbons (Fsp3) is 0.571. The van der Waals surface area contributed by atoms with Crippen molar-refractivity contribution in [3.05, 3.63) is 23.8 Å². The Hall–Kier alpha value is -1.34. The lowest BCUT2D eigenvalue weighted by molar-refractivity contribution is 0.0656. The molecule has 0 saturated carbocycles. The van der Waals surface area contributed by atoms with E-state index >= 15 is 0 Å². The van der Waals surface area contributed by atoms with Crippen LogP contribution >= 0.6 is 0 Å². The first-order chi connectivity index (χ1) is 9.76. The highest BCUT2D eigenvalue weighted by molar-refractivity contribution is 5.42. The zero-order chi connectivity index (χ0) is 14.8. The van der Waals surface area contributed by atoms with Gasteiger partial charge in [-0.25, -0.2) is 0 Å². The first-order valence-electron chi connectivity index (χ1n) is 6.51. The van der Waals surface area contributed by atoms with Crippen LogP contribution in [0.15, 0.2) is 18.2 Å². The van der Waals surface area contributed by atoms with Gasteiger partial charge in [0.15, 0.2) is 0 Å². The van der Waals surface area contributed by atoms with E-state index in [1.807, 2.05) is 18.2 Å². The van der Waals surface area contributed by atoms with E-state index in [0.717, 1.165) is 23.5 Å². The van der Waals surface area contributed by atoms with Gasteiger partial charge in [-0.1, -0.05) is 6.07 Å². The topological polar surface area (TPSA) is 75.0 Å². The molecule has 114 valence electrons. The number of hydrogen-bond acceptors (Lipinski definition) is 6. The molecule has 20 heavy (non-hydrogen) atoms. The molecular formula is C14H24N2O4. The van der Waals surface area contributed by atoms with Crippen molar-refractivity contribution in [2.75, 3.05) is 41.2 Å². The monoisotopic (exact) mass is 284 g/mol. The third kappa shape index (κ3) is 4.97. The first-order valence-corrected chi connectivity index (χ1v) is 6.51. The van der Waals surface area contributed by atoms with E-state index in [2.05, 4.69) is 5.43 Å². The fourth-order valence-electron chi connectivity index (χ4n) is 1.88. The molecule has 1 atom stereocenters. The van der Waals surface area contributed by atoms with Gasteiger partial charge in [-0.05, 0) is 12.5 Å². The highest BCUT2D eigenvalue weighted by Gasteiger charge is 2.15. The summed E-state index contributed by atoms with van der Waals surface area (Å²) in [5.74, 6) is 7.11. The second-order valence-electron chi connectivity index (χ2n) is 4.22. The second kappa shape index (κ2) is 9.55. The van der Waals surface area contributed by atoms with Crippen LogP contribution in [-0.2, 0) is 9.47 Å². The molecule has 0 spiro atoms. The van der Waals surface area contributed by atoms with E-state index in [0.29, 0.717) is 19.8 Å². The van der Waals surface area contributed by atoms with Crippen LogP contribution in [-0.4, -0.2) is 41.2 Å². The summed E-state index contributed by atoms with van der Waals surface area (Å²) < 4.78 is 20.9. The Bertz CT molecular complexity index is 387. The van der Waals surface area contributed by atoms with Gasteiger partial charge in [0.2, 0.25) is 0 Å². The molecule has 0 bridgehead atoms. The van der Waals surface area contributed by atoms with Crippen LogP contribution in [0.2, 0.25) is 0 Å². The van der Waals surface area contributed by atoms with Gasteiger partial charge in [-0.2, -0.15) is 0 Å². The van der Waals surface area contributed by atoms with Crippen LogP contribution in [0.4, 0.5) is 0 Å². The van der Waals surface area contributed by atoms with Crippen molar-refractivity contribution < 1.29 is 18.9 Å². The standard InChI is InChI=1S/C14H24N2O4/c1-17-8-9-20-7-6-13(16-15)12-5-4-11(18-2)10-14(12)19-3/h4-5,10,13,16H,6-9,15H2,1-3H3. The summed E-state index contributed by atoms with van der Waals surface area (Å²) in [6.07, 6.45) is 0.739. The summed E-state index contributed by atoms with van der Waals surface area (Å²) in [6.45, 7) is 1.76. The van der Waals surface area contributed by atoms with Gasteiger partial charge in [0.25, 0.3) is 0 Å². The highest BCUT2D eigenvalue weighted by Crippen LogP contribution is 2.30. The molecule has 0 aromatic heterocycles. The number of rotatable bonds is 10. The number of hydrogen-bond donors (Lipinski definition) is 2. The molecule has 0 radical (unpaired) electrons. The highest BCUT2D eigenvalue weighted by atomic mass is 16.5. The van der Waals surface area contributed by atoms with Gasteiger partial charge in [0, 0.05) is 25.3 Å². The maximum absolute atomic E-state index is 5.62. The predicted octanol–water partition coefficient (Wildman–Crippen LogP) is 1.26. The summed E-state index contributed by atoms with van der Waals surface area (Å²) in [4.78, 5) is 0. The Morgan fingerprint density at radius 2 is 1.90 bits per heavy atom. The van der Waals surface area contributed by atoms with Crippen LogP contribution in [0, 0.1) is 0 Å². The van der Waals surface area contributed by atoms with Crippen LogP contribution in [0.25, 0.3) is 0 Å². The van der Waals surface area contributed by atoms with E-state index in [-0.39, 0.29) is 6.04 Å². The van der Waals surface area contributed by atoms with Crippen molar-refractivity contribution in [2.24, 2.45) is 5.84 Å². The number of hydrazine groups is 1. The molecule has 0 aliphatic rings. The molecule has 3 N–H and O–H groups in total. The third-order valence-electron chi connectivity index (χ3n) is 3.00. The number of nitrogens with one attached hydrogen (secondary N) is 1. The lowest BCUT2D eigenvalue weighted by atomic mass is 10.0. The molecule has 0 aliphatic carbocycles. The molecule has 1 unspecified atom stereocenters. The molecular weight excluding hydrogens is 260 g/mol. The Morgan fingerprint density at radius 3 is 2.50 bits per heavy atom. The summed E-state index contributed by atoms with van der Waals surface area (Å²) in [5, 5.41) is 0. The molecule has 1 rings (SSSR count). The van der Waals surface area contributed by atoms with Gasteiger partial charge >= 0.3 is 0 Å². The maximum Gasteiger partial charge on any atom is 0.127 e. The van der Waals surface area contributed by atoms with Crippen molar-refractivity contribution in [3.8, 4) is 11.5 Å². The summed E-state index contributed by atoms with van der Waals surface area (Å²) >= 11 is 0.